The quantitative estimate of drug-likeness (QED) is 0.869. The SMILES string of the molecule is CCn1cc(Br)cc1C(=O)NC1(C(=O)O)CCOCC1. The van der Waals surface area contributed by atoms with Crippen molar-refractivity contribution < 1.29 is 19.4 Å². The molecule has 2 heterocycles. The number of ether oxygens (including phenoxy) is 1. The number of amides is 1. The Morgan fingerprint density at radius 1 is 1.50 bits per heavy atom. The Bertz CT molecular complexity index is 520. The lowest BCUT2D eigenvalue weighted by molar-refractivity contribution is -0.148. The molecule has 0 unspecified atom stereocenters. The van der Waals surface area contributed by atoms with E-state index in [-0.39, 0.29) is 18.7 Å². The van der Waals surface area contributed by atoms with Crippen molar-refractivity contribution in [3.63, 3.8) is 0 Å². The zero-order chi connectivity index (χ0) is 14.8. The lowest BCUT2D eigenvalue weighted by Crippen LogP contribution is -2.57. The number of carbonyl (C=O) groups is 2. The largest absolute Gasteiger partial charge is 0.480 e. The molecule has 110 valence electrons. The zero-order valence-electron chi connectivity index (χ0n) is 11.2. The first-order valence-electron chi connectivity index (χ1n) is 6.48. The van der Waals surface area contributed by atoms with Crippen LogP contribution in [0, 0.1) is 0 Å². The van der Waals surface area contributed by atoms with Crippen molar-refractivity contribution in [2.24, 2.45) is 0 Å². The topological polar surface area (TPSA) is 80.6 Å². The van der Waals surface area contributed by atoms with Gasteiger partial charge in [-0.1, -0.05) is 0 Å². The normalized spacial score (nSPS) is 17.7. The summed E-state index contributed by atoms with van der Waals surface area (Å²) in [5, 5.41) is 12.1. The Labute approximate surface area is 125 Å². The second-order valence-electron chi connectivity index (χ2n) is 4.78. The number of carbonyl (C=O) groups excluding carboxylic acids is 1. The van der Waals surface area contributed by atoms with Crippen molar-refractivity contribution in [3.8, 4) is 0 Å². The minimum atomic E-state index is -1.23. The third-order valence-electron chi connectivity index (χ3n) is 3.55. The van der Waals surface area contributed by atoms with Gasteiger partial charge in [0, 0.05) is 43.3 Å². The van der Waals surface area contributed by atoms with Crippen molar-refractivity contribution in [1.29, 1.82) is 0 Å². The van der Waals surface area contributed by atoms with E-state index in [0.717, 1.165) is 4.47 Å². The van der Waals surface area contributed by atoms with Crippen molar-refractivity contribution in [2.45, 2.75) is 31.8 Å². The standard InChI is InChI=1S/C13H17BrN2O4/c1-2-16-8-9(14)7-10(16)11(17)15-13(12(18)19)3-5-20-6-4-13/h7-8H,2-6H2,1H3,(H,15,17)(H,18,19). The van der Waals surface area contributed by atoms with E-state index in [0.29, 0.717) is 25.5 Å². The molecule has 7 heteroatoms. The summed E-state index contributed by atoms with van der Waals surface area (Å²) in [6.07, 6.45) is 2.36. The van der Waals surface area contributed by atoms with Crippen LogP contribution in [0.3, 0.4) is 0 Å². The lowest BCUT2D eigenvalue weighted by atomic mass is 9.90. The highest BCUT2D eigenvalue weighted by Crippen LogP contribution is 2.23. The summed E-state index contributed by atoms with van der Waals surface area (Å²) in [5.74, 6) is -1.38. The summed E-state index contributed by atoms with van der Waals surface area (Å²) in [6, 6.07) is 1.69. The number of nitrogens with one attached hydrogen (secondary N) is 1. The summed E-state index contributed by atoms with van der Waals surface area (Å²) in [4.78, 5) is 23.9. The van der Waals surface area contributed by atoms with Crippen LogP contribution in [-0.4, -0.2) is 40.3 Å². The molecule has 1 aromatic heterocycles. The van der Waals surface area contributed by atoms with Crippen LogP contribution < -0.4 is 5.32 Å². The van der Waals surface area contributed by atoms with Gasteiger partial charge in [0.2, 0.25) is 0 Å². The zero-order valence-corrected chi connectivity index (χ0v) is 12.8. The van der Waals surface area contributed by atoms with Crippen LogP contribution in [0.5, 0.6) is 0 Å². The smallest absolute Gasteiger partial charge is 0.329 e. The average molecular weight is 345 g/mol. The van der Waals surface area contributed by atoms with Gasteiger partial charge in [-0.25, -0.2) is 4.79 Å². The number of carboxylic acid groups (broad SMARTS) is 1. The van der Waals surface area contributed by atoms with Crippen LogP contribution in [0.15, 0.2) is 16.7 Å². The van der Waals surface area contributed by atoms with Crippen LogP contribution in [0.2, 0.25) is 0 Å². The fourth-order valence-corrected chi connectivity index (χ4v) is 2.78. The number of aliphatic carboxylic acids is 1. The number of nitrogens with zero attached hydrogens (tertiary/aromatic N) is 1. The van der Waals surface area contributed by atoms with Crippen molar-refractivity contribution in [1.82, 2.24) is 9.88 Å². The molecule has 6 nitrogen and oxygen atoms in total. The van der Waals surface area contributed by atoms with Gasteiger partial charge >= 0.3 is 5.97 Å². The monoisotopic (exact) mass is 344 g/mol. The van der Waals surface area contributed by atoms with Gasteiger partial charge in [-0.3, -0.25) is 4.79 Å². The number of hydrogen-bond donors (Lipinski definition) is 2. The number of carboxylic acids is 1. The first-order valence-corrected chi connectivity index (χ1v) is 7.27. The second-order valence-corrected chi connectivity index (χ2v) is 5.70. The first kappa shape index (κ1) is 15.1. The summed E-state index contributed by atoms with van der Waals surface area (Å²) in [5.41, 5.74) is -0.781. The molecule has 1 aliphatic rings. The molecule has 20 heavy (non-hydrogen) atoms. The Hall–Kier alpha value is -1.34. The minimum Gasteiger partial charge on any atom is -0.480 e. The Kier molecular flexibility index (Phi) is 4.49. The summed E-state index contributed by atoms with van der Waals surface area (Å²) in [7, 11) is 0. The molecule has 2 N–H and O–H groups in total. The van der Waals surface area contributed by atoms with E-state index >= 15 is 0 Å². The highest BCUT2D eigenvalue weighted by Gasteiger charge is 2.42. The Morgan fingerprint density at radius 3 is 2.70 bits per heavy atom. The molecular formula is C13H17BrN2O4. The summed E-state index contributed by atoms with van der Waals surface area (Å²) < 4.78 is 7.75. The van der Waals surface area contributed by atoms with Gasteiger partial charge in [-0.15, -0.1) is 0 Å². The van der Waals surface area contributed by atoms with Gasteiger partial charge in [-0.2, -0.15) is 0 Å². The van der Waals surface area contributed by atoms with Crippen LogP contribution >= 0.6 is 15.9 Å². The van der Waals surface area contributed by atoms with E-state index in [2.05, 4.69) is 21.2 Å². The molecule has 0 atom stereocenters. The van der Waals surface area contributed by atoms with Gasteiger partial charge in [0.25, 0.3) is 5.91 Å². The highest BCUT2D eigenvalue weighted by atomic mass is 79.9. The molecule has 1 fully saturated rings. The third kappa shape index (κ3) is 2.88. The molecule has 0 saturated carbocycles. The van der Waals surface area contributed by atoms with E-state index in [1.807, 2.05) is 6.92 Å². The molecule has 1 saturated heterocycles. The molecule has 1 aromatic rings. The van der Waals surface area contributed by atoms with E-state index in [9.17, 15) is 14.7 Å². The second kappa shape index (κ2) is 5.97. The molecule has 0 bridgehead atoms. The van der Waals surface area contributed by atoms with E-state index in [4.69, 9.17) is 4.74 Å². The maximum atomic E-state index is 12.4. The summed E-state index contributed by atoms with van der Waals surface area (Å²) in [6.45, 7) is 3.23. The van der Waals surface area contributed by atoms with Crippen LogP contribution in [0.4, 0.5) is 0 Å². The molecular weight excluding hydrogens is 328 g/mol. The van der Waals surface area contributed by atoms with Crippen molar-refractivity contribution in [2.75, 3.05) is 13.2 Å². The number of halogens is 1. The van der Waals surface area contributed by atoms with Crippen molar-refractivity contribution in [3.05, 3.63) is 22.4 Å². The number of aromatic nitrogens is 1. The van der Waals surface area contributed by atoms with E-state index < -0.39 is 11.5 Å². The van der Waals surface area contributed by atoms with Gasteiger partial charge in [0.05, 0.1) is 0 Å². The van der Waals surface area contributed by atoms with Gasteiger partial charge in [0.15, 0.2) is 0 Å². The van der Waals surface area contributed by atoms with Crippen LogP contribution in [0.25, 0.3) is 0 Å². The fraction of sp³-hybridized carbons (Fsp3) is 0.538. The van der Waals surface area contributed by atoms with Gasteiger partial charge in [0.1, 0.15) is 11.2 Å². The molecule has 0 aliphatic carbocycles. The number of hydrogen-bond acceptors (Lipinski definition) is 3. The Morgan fingerprint density at radius 2 is 2.15 bits per heavy atom. The van der Waals surface area contributed by atoms with Crippen molar-refractivity contribution >= 4 is 27.8 Å². The minimum absolute atomic E-state index is 0.280. The molecule has 0 spiro atoms. The summed E-state index contributed by atoms with van der Waals surface area (Å²) >= 11 is 3.32. The van der Waals surface area contributed by atoms with Crippen LogP contribution in [-0.2, 0) is 16.1 Å². The highest BCUT2D eigenvalue weighted by molar-refractivity contribution is 9.10. The molecule has 0 radical (unpaired) electrons. The average Bonchev–Trinajstić information content (AvgIpc) is 2.81. The predicted octanol–water partition coefficient (Wildman–Crippen LogP) is 1.63. The molecule has 1 aliphatic heterocycles. The molecule has 1 amide bonds. The predicted molar refractivity (Wildman–Crippen MR) is 75.7 cm³/mol. The molecule has 0 aromatic carbocycles. The van der Waals surface area contributed by atoms with E-state index in [1.54, 1.807) is 16.8 Å². The lowest BCUT2D eigenvalue weighted by Gasteiger charge is -2.33. The third-order valence-corrected chi connectivity index (χ3v) is 3.98. The molecule has 2 rings (SSSR count). The van der Waals surface area contributed by atoms with Crippen LogP contribution in [0.1, 0.15) is 30.3 Å². The van der Waals surface area contributed by atoms with Gasteiger partial charge in [-0.05, 0) is 28.9 Å². The number of aryl methyl sites for hydroxylation is 1. The number of rotatable bonds is 4. The maximum Gasteiger partial charge on any atom is 0.329 e. The van der Waals surface area contributed by atoms with Gasteiger partial charge < -0.3 is 19.7 Å². The maximum absolute atomic E-state index is 12.4. The fourth-order valence-electron chi connectivity index (χ4n) is 2.32. The Balaban J connectivity index is 2.22. The first-order chi connectivity index (χ1) is 9.48. The van der Waals surface area contributed by atoms with E-state index in [1.165, 1.54) is 0 Å².